The lowest BCUT2D eigenvalue weighted by Gasteiger charge is -2.05. The molecule has 6 nitrogen and oxygen atoms in total. The summed E-state index contributed by atoms with van der Waals surface area (Å²) in [5.41, 5.74) is 4.74. The lowest BCUT2D eigenvalue weighted by Crippen LogP contribution is -2.17. The highest BCUT2D eigenvalue weighted by Crippen LogP contribution is 2.25. The molecule has 36 heavy (non-hydrogen) atoms. The number of nitrogens with one attached hydrogen (secondary N) is 1. The summed E-state index contributed by atoms with van der Waals surface area (Å²) < 4.78 is 9.77. The summed E-state index contributed by atoms with van der Waals surface area (Å²) in [5, 5.41) is 1.07. The Balaban J connectivity index is 0.000000214. The molecule has 0 aliphatic rings. The molecule has 0 aliphatic heterocycles. The molecule has 0 bridgehead atoms. The standard InChI is InChI=1S/C18H17NO2.C12H14O3/c1-2-21-18(20)17-15(12-13-8-4-3-5-9-13)14-10-6-7-11-16(14)19-17;1-2-15-12(14)11(13)9-8-10-6-4-3-5-7-10/h3-11,19H,2,12H2,1H3;3-7H,2,8-9H2,1H3. The summed E-state index contributed by atoms with van der Waals surface area (Å²) in [4.78, 5) is 37.6. The summed E-state index contributed by atoms with van der Waals surface area (Å²) >= 11 is 0. The zero-order valence-corrected chi connectivity index (χ0v) is 20.7. The summed E-state index contributed by atoms with van der Waals surface area (Å²) in [6.07, 6.45) is 1.50. The molecule has 4 rings (SSSR count). The van der Waals surface area contributed by atoms with Crippen molar-refractivity contribution in [2.24, 2.45) is 0 Å². The van der Waals surface area contributed by atoms with Crippen LogP contribution in [0, 0.1) is 0 Å². The maximum atomic E-state index is 12.2. The van der Waals surface area contributed by atoms with Gasteiger partial charge in [0.1, 0.15) is 5.69 Å². The molecule has 0 spiro atoms. The molecule has 0 unspecified atom stereocenters. The van der Waals surface area contributed by atoms with Crippen molar-refractivity contribution in [3.63, 3.8) is 0 Å². The molecule has 1 heterocycles. The largest absolute Gasteiger partial charge is 0.461 e. The molecule has 0 fully saturated rings. The maximum Gasteiger partial charge on any atom is 0.374 e. The Kier molecular flexibility index (Phi) is 10.0. The van der Waals surface area contributed by atoms with Crippen LogP contribution in [0.5, 0.6) is 0 Å². The number of ether oxygens (including phenoxy) is 2. The van der Waals surface area contributed by atoms with Crippen LogP contribution in [-0.4, -0.2) is 35.9 Å². The Morgan fingerprint density at radius 2 is 1.31 bits per heavy atom. The van der Waals surface area contributed by atoms with Crippen molar-refractivity contribution >= 4 is 28.6 Å². The smallest absolute Gasteiger partial charge is 0.374 e. The Hall–Kier alpha value is -4.19. The predicted molar refractivity (Wildman–Crippen MR) is 140 cm³/mol. The van der Waals surface area contributed by atoms with E-state index in [4.69, 9.17) is 4.74 Å². The van der Waals surface area contributed by atoms with Crippen LogP contribution in [0.25, 0.3) is 10.9 Å². The van der Waals surface area contributed by atoms with Crippen molar-refractivity contribution < 1.29 is 23.9 Å². The van der Waals surface area contributed by atoms with Crippen molar-refractivity contribution in [2.75, 3.05) is 13.2 Å². The lowest BCUT2D eigenvalue weighted by molar-refractivity contribution is -0.153. The highest BCUT2D eigenvalue weighted by molar-refractivity contribution is 6.33. The predicted octanol–water partition coefficient (Wildman–Crippen LogP) is 5.69. The molecule has 1 N–H and O–H groups in total. The van der Waals surface area contributed by atoms with Crippen LogP contribution in [0.2, 0.25) is 0 Å². The van der Waals surface area contributed by atoms with Crippen LogP contribution >= 0.6 is 0 Å². The van der Waals surface area contributed by atoms with Crippen molar-refractivity contribution in [3.8, 4) is 0 Å². The topological polar surface area (TPSA) is 85.5 Å². The van der Waals surface area contributed by atoms with E-state index in [2.05, 4.69) is 21.9 Å². The van der Waals surface area contributed by atoms with E-state index in [1.54, 1.807) is 6.92 Å². The molecule has 1 aromatic heterocycles. The summed E-state index contributed by atoms with van der Waals surface area (Å²) in [7, 11) is 0. The Morgan fingerprint density at radius 3 is 1.94 bits per heavy atom. The first-order chi connectivity index (χ1) is 17.5. The van der Waals surface area contributed by atoms with Crippen molar-refractivity contribution in [3.05, 3.63) is 107 Å². The first-order valence-corrected chi connectivity index (χ1v) is 12.1. The second-order valence-electron chi connectivity index (χ2n) is 8.04. The molecule has 6 heteroatoms. The Bertz CT molecular complexity index is 1280. The number of para-hydroxylation sites is 1. The highest BCUT2D eigenvalue weighted by atomic mass is 16.5. The Labute approximate surface area is 211 Å². The fourth-order valence-corrected chi connectivity index (χ4v) is 3.78. The number of carbonyl (C=O) groups is 3. The van der Waals surface area contributed by atoms with Gasteiger partial charge in [0.2, 0.25) is 5.78 Å². The van der Waals surface area contributed by atoms with Gasteiger partial charge < -0.3 is 14.5 Å². The zero-order valence-electron chi connectivity index (χ0n) is 20.7. The first-order valence-electron chi connectivity index (χ1n) is 12.1. The van der Waals surface area contributed by atoms with Crippen LogP contribution in [0.3, 0.4) is 0 Å². The van der Waals surface area contributed by atoms with E-state index in [0.29, 0.717) is 25.1 Å². The number of benzene rings is 3. The number of hydrogen-bond acceptors (Lipinski definition) is 5. The number of Topliss-reactive ketones (excluding diaryl/α,β-unsaturated/α-hetero) is 1. The number of fused-ring (bicyclic) bond motifs is 1. The minimum absolute atomic E-state index is 0.211. The van der Waals surface area contributed by atoms with E-state index in [0.717, 1.165) is 22.0 Å². The van der Waals surface area contributed by atoms with Crippen LogP contribution in [0.4, 0.5) is 0 Å². The third-order valence-electron chi connectivity index (χ3n) is 5.50. The minimum Gasteiger partial charge on any atom is -0.461 e. The number of carbonyl (C=O) groups excluding carboxylic acids is 3. The third-order valence-corrected chi connectivity index (χ3v) is 5.50. The quantitative estimate of drug-likeness (QED) is 0.243. The normalized spacial score (nSPS) is 10.3. The fraction of sp³-hybridized carbons (Fsp3) is 0.233. The first kappa shape index (κ1) is 26.4. The van der Waals surface area contributed by atoms with E-state index < -0.39 is 11.8 Å². The van der Waals surface area contributed by atoms with Gasteiger partial charge in [-0.25, -0.2) is 9.59 Å². The molecule has 0 atom stereocenters. The van der Waals surface area contributed by atoms with E-state index >= 15 is 0 Å². The minimum atomic E-state index is -0.728. The monoisotopic (exact) mass is 485 g/mol. The van der Waals surface area contributed by atoms with Gasteiger partial charge in [-0.05, 0) is 43.0 Å². The van der Waals surface area contributed by atoms with Gasteiger partial charge in [0, 0.05) is 23.7 Å². The van der Waals surface area contributed by atoms with E-state index in [9.17, 15) is 14.4 Å². The number of aromatic nitrogens is 1. The average Bonchev–Trinajstić information content (AvgIpc) is 3.27. The number of ketones is 1. The van der Waals surface area contributed by atoms with Crippen molar-refractivity contribution in [1.82, 2.24) is 4.98 Å². The van der Waals surface area contributed by atoms with E-state index in [-0.39, 0.29) is 19.0 Å². The second-order valence-corrected chi connectivity index (χ2v) is 8.04. The summed E-state index contributed by atoms with van der Waals surface area (Å²) in [6.45, 7) is 4.12. The zero-order chi connectivity index (χ0) is 25.8. The second kappa shape index (κ2) is 13.6. The summed E-state index contributed by atoms with van der Waals surface area (Å²) in [5.74, 6) is -1.48. The summed E-state index contributed by atoms with van der Waals surface area (Å²) in [6, 6.07) is 27.7. The highest BCUT2D eigenvalue weighted by Gasteiger charge is 2.18. The van der Waals surface area contributed by atoms with Gasteiger partial charge in [-0.15, -0.1) is 0 Å². The Morgan fingerprint density at radius 1 is 0.722 bits per heavy atom. The fourth-order valence-electron chi connectivity index (χ4n) is 3.78. The van der Waals surface area contributed by atoms with Gasteiger partial charge in [-0.2, -0.15) is 0 Å². The number of aromatic amines is 1. The van der Waals surface area contributed by atoms with Crippen molar-refractivity contribution in [1.29, 1.82) is 0 Å². The molecule has 4 aromatic rings. The lowest BCUT2D eigenvalue weighted by atomic mass is 10.0. The van der Waals surface area contributed by atoms with Crippen LogP contribution in [0.15, 0.2) is 84.9 Å². The van der Waals surface area contributed by atoms with Gasteiger partial charge in [-0.3, -0.25) is 4.79 Å². The molecule has 3 aromatic carbocycles. The molecule has 0 saturated carbocycles. The SMILES string of the molecule is CCOC(=O)C(=O)CCc1ccccc1.CCOC(=O)c1[nH]c2ccccc2c1Cc1ccccc1. The van der Waals surface area contributed by atoms with Crippen molar-refractivity contribution in [2.45, 2.75) is 33.1 Å². The van der Waals surface area contributed by atoms with Gasteiger partial charge in [-0.1, -0.05) is 78.9 Å². The average molecular weight is 486 g/mol. The van der Waals surface area contributed by atoms with Gasteiger partial charge in [0.25, 0.3) is 0 Å². The molecule has 0 amide bonds. The molecular weight excluding hydrogens is 454 g/mol. The maximum absolute atomic E-state index is 12.2. The van der Waals surface area contributed by atoms with E-state index in [1.807, 2.05) is 79.7 Å². The molecule has 0 saturated heterocycles. The number of H-pyrrole nitrogens is 1. The van der Waals surface area contributed by atoms with Crippen LogP contribution in [-0.2, 0) is 31.9 Å². The number of esters is 2. The number of rotatable bonds is 9. The van der Waals surface area contributed by atoms with Gasteiger partial charge in [0.15, 0.2) is 0 Å². The van der Waals surface area contributed by atoms with E-state index in [1.165, 1.54) is 5.56 Å². The number of hydrogen-bond donors (Lipinski definition) is 1. The number of aryl methyl sites for hydroxylation is 1. The third kappa shape index (κ3) is 7.40. The van der Waals surface area contributed by atoms with Gasteiger partial charge in [0.05, 0.1) is 13.2 Å². The molecular formula is C30H31NO5. The molecule has 0 aliphatic carbocycles. The van der Waals surface area contributed by atoms with Crippen LogP contribution < -0.4 is 0 Å². The molecule has 186 valence electrons. The molecule has 0 radical (unpaired) electrons. The van der Waals surface area contributed by atoms with Crippen LogP contribution in [0.1, 0.15) is 47.4 Å². The van der Waals surface area contributed by atoms with Gasteiger partial charge >= 0.3 is 11.9 Å².